The van der Waals surface area contributed by atoms with E-state index in [4.69, 9.17) is 4.74 Å². The van der Waals surface area contributed by atoms with E-state index in [0.717, 1.165) is 44.5 Å². The van der Waals surface area contributed by atoms with Crippen molar-refractivity contribution in [2.24, 2.45) is 11.3 Å². The first-order valence-corrected chi connectivity index (χ1v) is 10.3. The Labute approximate surface area is 158 Å². The van der Waals surface area contributed by atoms with Crippen molar-refractivity contribution >= 4 is 11.6 Å². The van der Waals surface area contributed by atoms with E-state index in [1.54, 1.807) is 6.92 Å². The fourth-order valence-electron chi connectivity index (χ4n) is 4.04. The van der Waals surface area contributed by atoms with Crippen molar-refractivity contribution in [2.75, 3.05) is 31.6 Å². The molecule has 1 aliphatic carbocycles. The third kappa shape index (κ3) is 5.82. The van der Waals surface area contributed by atoms with Crippen molar-refractivity contribution in [3.8, 4) is 0 Å². The van der Waals surface area contributed by atoms with E-state index in [1.807, 2.05) is 12.1 Å². The minimum atomic E-state index is -0.0226. The third-order valence-electron chi connectivity index (χ3n) is 5.99. The van der Waals surface area contributed by atoms with Crippen LogP contribution >= 0.6 is 0 Å². The van der Waals surface area contributed by atoms with Gasteiger partial charge in [0.25, 0.3) is 0 Å². The van der Waals surface area contributed by atoms with Crippen molar-refractivity contribution in [3.05, 3.63) is 29.8 Å². The molecule has 1 aliphatic heterocycles. The summed E-state index contributed by atoms with van der Waals surface area (Å²) < 4.78 is 5.87. The van der Waals surface area contributed by atoms with Crippen LogP contribution in [0.1, 0.15) is 57.9 Å². The number of anilines is 1. The van der Waals surface area contributed by atoms with Crippen LogP contribution in [-0.4, -0.2) is 37.1 Å². The summed E-state index contributed by atoms with van der Waals surface area (Å²) in [5, 5.41) is 2.83. The summed E-state index contributed by atoms with van der Waals surface area (Å²) in [7, 11) is 0. The van der Waals surface area contributed by atoms with Gasteiger partial charge in [-0.2, -0.15) is 0 Å². The number of rotatable bonds is 9. The number of hydrogen-bond acceptors (Lipinski definition) is 3. The lowest BCUT2D eigenvalue weighted by atomic mass is 9.75. The number of carbonyl (C=O) groups is 1. The van der Waals surface area contributed by atoms with Gasteiger partial charge in [-0.05, 0) is 74.7 Å². The van der Waals surface area contributed by atoms with E-state index in [2.05, 4.69) is 29.3 Å². The summed E-state index contributed by atoms with van der Waals surface area (Å²) in [5.41, 5.74) is 2.59. The second-order valence-corrected chi connectivity index (χ2v) is 8.27. The van der Waals surface area contributed by atoms with Gasteiger partial charge in [0.2, 0.25) is 5.91 Å². The highest BCUT2D eigenvalue weighted by Gasteiger charge is 2.36. The van der Waals surface area contributed by atoms with Crippen molar-refractivity contribution < 1.29 is 9.53 Å². The number of benzene rings is 1. The molecule has 4 nitrogen and oxygen atoms in total. The number of piperidine rings is 1. The van der Waals surface area contributed by atoms with Gasteiger partial charge in [0.15, 0.2) is 0 Å². The predicted molar refractivity (Wildman–Crippen MR) is 106 cm³/mol. The van der Waals surface area contributed by atoms with Gasteiger partial charge in [-0.25, -0.2) is 0 Å². The Kier molecular flexibility index (Phi) is 6.71. The summed E-state index contributed by atoms with van der Waals surface area (Å²) >= 11 is 0. The molecule has 0 radical (unpaired) electrons. The van der Waals surface area contributed by atoms with Gasteiger partial charge >= 0.3 is 0 Å². The van der Waals surface area contributed by atoms with Gasteiger partial charge in [-0.3, -0.25) is 9.69 Å². The second-order valence-electron chi connectivity index (χ2n) is 8.27. The Morgan fingerprint density at radius 3 is 2.50 bits per heavy atom. The van der Waals surface area contributed by atoms with Crippen LogP contribution in [0.2, 0.25) is 0 Å². The first-order chi connectivity index (χ1) is 12.6. The molecule has 3 rings (SSSR count). The summed E-state index contributed by atoms with van der Waals surface area (Å²) in [6.45, 7) is 8.73. The van der Waals surface area contributed by atoms with E-state index in [9.17, 15) is 4.79 Å². The first-order valence-electron chi connectivity index (χ1n) is 10.3. The molecule has 1 saturated carbocycles. The maximum absolute atomic E-state index is 11.1. The van der Waals surface area contributed by atoms with Crippen LogP contribution in [0.15, 0.2) is 24.3 Å². The maximum atomic E-state index is 11.1. The number of nitrogens with zero attached hydrogens (tertiary/aromatic N) is 1. The van der Waals surface area contributed by atoms with Crippen molar-refractivity contribution in [3.63, 3.8) is 0 Å². The number of amides is 1. The monoisotopic (exact) mass is 358 g/mol. The molecular formula is C22H34N2O2. The number of ether oxygens (including phenoxy) is 1. The van der Waals surface area contributed by atoms with Crippen LogP contribution in [0.4, 0.5) is 5.69 Å². The normalized spacial score (nSPS) is 20.1. The average Bonchev–Trinajstić information content (AvgIpc) is 3.46. The van der Waals surface area contributed by atoms with E-state index in [0.29, 0.717) is 5.41 Å². The maximum Gasteiger partial charge on any atom is 0.221 e. The second kappa shape index (κ2) is 9.01. The summed E-state index contributed by atoms with van der Waals surface area (Å²) in [6.07, 6.45) is 8.15. The Balaban J connectivity index is 1.49. The lowest BCUT2D eigenvalue weighted by Crippen LogP contribution is -2.42. The Bertz CT molecular complexity index is 572. The van der Waals surface area contributed by atoms with Gasteiger partial charge < -0.3 is 10.1 Å². The molecule has 0 spiro atoms. The third-order valence-corrected chi connectivity index (χ3v) is 5.99. The number of carbonyl (C=O) groups excluding carboxylic acids is 1. The highest BCUT2D eigenvalue weighted by atomic mass is 16.5. The molecular weight excluding hydrogens is 324 g/mol. The first kappa shape index (κ1) is 19.4. The Morgan fingerprint density at radius 2 is 1.92 bits per heavy atom. The molecule has 0 bridgehead atoms. The molecule has 0 atom stereocenters. The molecule has 0 aromatic heterocycles. The standard InChI is InChI=1S/C22H34N2O2/c1-3-26-17-22(11-10-19-4-5-19)12-14-24(15-13-22)16-20-6-8-21(9-7-20)23-18(2)25/h6-9,19H,3-5,10-17H2,1-2H3,(H,23,25). The van der Waals surface area contributed by atoms with Gasteiger partial charge in [0, 0.05) is 25.8 Å². The van der Waals surface area contributed by atoms with Gasteiger partial charge in [0.1, 0.15) is 0 Å². The van der Waals surface area contributed by atoms with Crippen molar-refractivity contribution in [1.29, 1.82) is 0 Å². The summed E-state index contributed by atoms with van der Waals surface area (Å²) in [4.78, 5) is 13.7. The topological polar surface area (TPSA) is 41.6 Å². The number of hydrogen-bond donors (Lipinski definition) is 1. The molecule has 1 heterocycles. The van der Waals surface area contributed by atoms with Crippen LogP contribution in [0.3, 0.4) is 0 Å². The van der Waals surface area contributed by atoms with E-state index in [-0.39, 0.29) is 5.91 Å². The van der Waals surface area contributed by atoms with Crippen LogP contribution < -0.4 is 5.32 Å². The van der Waals surface area contributed by atoms with E-state index < -0.39 is 0 Å². The molecule has 0 unspecified atom stereocenters. The molecule has 1 N–H and O–H groups in total. The fourth-order valence-corrected chi connectivity index (χ4v) is 4.04. The molecule has 26 heavy (non-hydrogen) atoms. The summed E-state index contributed by atoms with van der Waals surface area (Å²) in [5.74, 6) is 0.985. The zero-order valence-electron chi connectivity index (χ0n) is 16.4. The molecule has 1 saturated heterocycles. The largest absolute Gasteiger partial charge is 0.381 e. The van der Waals surface area contributed by atoms with Crippen LogP contribution in [0, 0.1) is 11.3 Å². The number of nitrogens with one attached hydrogen (secondary N) is 1. The predicted octanol–water partition coefficient (Wildman–Crippen LogP) is 4.45. The van der Waals surface area contributed by atoms with Crippen LogP contribution in [-0.2, 0) is 16.1 Å². The molecule has 1 aromatic rings. The highest BCUT2D eigenvalue weighted by Crippen LogP contribution is 2.42. The SMILES string of the molecule is CCOCC1(CCC2CC2)CCN(Cc2ccc(NC(C)=O)cc2)CC1. The fraction of sp³-hybridized carbons (Fsp3) is 0.682. The number of likely N-dealkylation sites (tertiary alicyclic amines) is 1. The smallest absolute Gasteiger partial charge is 0.221 e. The molecule has 4 heteroatoms. The zero-order valence-corrected chi connectivity index (χ0v) is 16.4. The van der Waals surface area contributed by atoms with Crippen LogP contribution in [0.5, 0.6) is 0 Å². The Hall–Kier alpha value is -1.39. The van der Waals surface area contributed by atoms with Gasteiger partial charge in [-0.1, -0.05) is 25.0 Å². The Morgan fingerprint density at radius 1 is 1.23 bits per heavy atom. The van der Waals surface area contributed by atoms with E-state index in [1.165, 1.54) is 44.1 Å². The average molecular weight is 359 g/mol. The minimum Gasteiger partial charge on any atom is -0.381 e. The lowest BCUT2D eigenvalue weighted by molar-refractivity contribution is -0.114. The van der Waals surface area contributed by atoms with Crippen molar-refractivity contribution in [2.45, 2.75) is 58.9 Å². The quantitative estimate of drug-likeness (QED) is 0.709. The molecule has 2 fully saturated rings. The van der Waals surface area contributed by atoms with Crippen molar-refractivity contribution in [1.82, 2.24) is 4.90 Å². The molecule has 144 valence electrons. The lowest BCUT2D eigenvalue weighted by Gasteiger charge is -2.42. The van der Waals surface area contributed by atoms with E-state index >= 15 is 0 Å². The summed E-state index contributed by atoms with van der Waals surface area (Å²) in [6, 6.07) is 8.24. The molecule has 2 aliphatic rings. The zero-order chi connectivity index (χ0) is 18.4. The van der Waals surface area contributed by atoms with Crippen LogP contribution in [0.25, 0.3) is 0 Å². The minimum absolute atomic E-state index is 0.0226. The molecule has 1 aromatic carbocycles. The van der Waals surface area contributed by atoms with Gasteiger partial charge in [-0.15, -0.1) is 0 Å². The van der Waals surface area contributed by atoms with Gasteiger partial charge in [0.05, 0.1) is 6.61 Å². The highest BCUT2D eigenvalue weighted by molar-refractivity contribution is 5.88. The molecule has 1 amide bonds.